The van der Waals surface area contributed by atoms with Crippen LogP contribution in [-0.2, 0) is 44.1 Å². The van der Waals surface area contributed by atoms with E-state index in [1.807, 2.05) is 42.5 Å². The van der Waals surface area contributed by atoms with Gasteiger partial charge in [-0.05, 0) is 65.8 Å². The lowest BCUT2D eigenvalue weighted by atomic mass is 9.97. The molecular weight excluding hydrogens is 807 g/mol. The number of nitrogens with one attached hydrogen (secondary N) is 2. The van der Waals surface area contributed by atoms with Gasteiger partial charge in [0.15, 0.2) is 0 Å². The van der Waals surface area contributed by atoms with Gasteiger partial charge in [-0.25, -0.2) is 0 Å². The number of benzene rings is 2. The highest BCUT2D eigenvalue weighted by Crippen LogP contribution is 2.45. The van der Waals surface area contributed by atoms with Gasteiger partial charge >= 0.3 is 16.6 Å². The summed E-state index contributed by atoms with van der Waals surface area (Å²) in [6.07, 6.45) is 20.7. The Morgan fingerprint density at radius 3 is 2.02 bits per heavy atom. The number of hydrogen-bond donors (Lipinski definition) is 2. The zero-order valence-corrected chi connectivity index (χ0v) is 36.7. The van der Waals surface area contributed by atoms with E-state index in [0.29, 0.717) is 25.1 Å². The number of thioether (sulfide) groups is 1. The fourth-order valence-electron chi connectivity index (χ4n) is 7.63. The molecule has 2 unspecified atom stereocenters. The highest BCUT2D eigenvalue weighted by molar-refractivity contribution is 8.00. The van der Waals surface area contributed by atoms with Crippen LogP contribution in [0.1, 0.15) is 152 Å². The maximum absolute atomic E-state index is 13.0. The van der Waals surface area contributed by atoms with Crippen LogP contribution >= 0.6 is 11.8 Å². The Bertz CT molecular complexity index is 1810. The first-order valence-electron chi connectivity index (χ1n) is 21.6. The quantitative estimate of drug-likeness (QED) is 0.0350. The molecule has 13 nitrogen and oxygen atoms in total. The van der Waals surface area contributed by atoms with E-state index in [9.17, 15) is 28.8 Å². The lowest BCUT2D eigenvalue weighted by Crippen LogP contribution is -2.34. The van der Waals surface area contributed by atoms with Crippen LogP contribution in [0.15, 0.2) is 42.5 Å². The third-order valence-corrected chi connectivity index (χ3v) is 12.0. The van der Waals surface area contributed by atoms with Gasteiger partial charge in [-0.1, -0.05) is 107 Å². The van der Waals surface area contributed by atoms with Crippen LogP contribution in [0.2, 0.25) is 0 Å². The van der Waals surface area contributed by atoms with Gasteiger partial charge in [-0.3, -0.25) is 28.9 Å². The van der Waals surface area contributed by atoms with E-state index in [4.69, 9.17) is 17.4 Å². The minimum absolute atomic E-state index is 0.0254. The summed E-state index contributed by atoms with van der Waals surface area (Å²) in [6.45, 7) is 2.40. The SMILES string of the molecule is CC(=O)OCC1c2ccccc2-c2ccc(NC(=O)CCN3C(=O)CC(SCCCCCCCCCCCCCCCC(=O)NCCCCCC=O)C3=O)cc21.O=S(=O)=O. The van der Waals surface area contributed by atoms with Crippen LogP contribution in [0.3, 0.4) is 0 Å². The third kappa shape index (κ3) is 18.9. The molecule has 1 aliphatic carbocycles. The molecule has 2 aromatic carbocycles. The molecule has 0 radical (unpaired) electrons. The molecule has 0 saturated carbocycles. The molecule has 1 heterocycles. The van der Waals surface area contributed by atoms with Crippen molar-refractivity contribution < 1.29 is 46.1 Å². The van der Waals surface area contributed by atoms with Gasteiger partial charge in [0.05, 0.1) is 5.25 Å². The Hall–Kier alpha value is -4.37. The molecule has 2 aromatic rings. The van der Waals surface area contributed by atoms with E-state index in [2.05, 4.69) is 10.6 Å². The predicted octanol–water partition coefficient (Wildman–Crippen LogP) is 7.88. The van der Waals surface area contributed by atoms with E-state index in [0.717, 1.165) is 79.2 Å². The molecule has 15 heteroatoms. The van der Waals surface area contributed by atoms with Gasteiger partial charge in [-0.15, -0.1) is 24.4 Å². The van der Waals surface area contributed by atoms with Gasteiger partial charge in [-0.2, -0.15) is 0 Å². The number of likely N-dealkylation sites (tertiary alicyclic amines) is 1. The number of hydrogen-bond acceptors (Lipinski definition) is 11. The number of carbonyl (C=O) groups excluding carboxylic acids is 6. The normalized spacial score (nSPS) is 15.1. The number of carbonyl (C=O) groups is 6. The summed E-state index contributed by atoms with van der Waals surface area (Å²) < 4.78 is 30.7. The molecule has 0 aromatic heterocycles. The number of esters is 1. The lowest BCUT2D eigenvalue weighted by Gasteiger charge is -2.16. The van der Waals surface area contributed by atoms with Crippen molar-refractivity contribution in [3.63, 3.8) is 0 Å². The van der Waals surface area contributed by atoms with Crippen LogP contribution < -0.4 is 10.6 Å². The number of amides is 4. The topological polar surface area (TPSA) is 190 Å². The fraction of sp³-hybridized carbons (Fsp3) is 0.600. The molecule has 4 amide bonds. The van der Waals surface area contributed by atoms with E-state index in [1.165, 1.54) is 69.6 Å². The Balaban J connectivity index is 0.00000229. The van der Waals surface area contributed by atoms with E-state index in [1.54, 1.807) is 11.8 Å². The maximum Gasteiger partial charge on any atom is 0.425 e. The second-order valence-electron chi connectivity index (χ2n) is 15.4. The van der Waals surface area contributed by atoms with E-state index >= 15 is 0 Å². The zero-order valence-electron chi connectivity index (χ0n) is 35.1. The van der Waals surface area contributed by atoms with Crippen LogP contribution in [-0.4, -0.2) is 84.1 Å². The minimum Gasteiger partial charge on any atom is -0.465 e. The summed E-state index contributed by atoms with van der Waals surface area (Å²) in [4.78, 5) is 73.6. The Morgan fingerprint density at radius 2 is 1.37 bits per heavy atom. The molecule has 60 heavy (non-hydrogen) atoms. The van der Waals surface area contributed by atoms with Crippen LogP contribution in [0.25, 0.3) is 11.1 Å². The average Bonchev–Trinajstić information content (AvgIpc) is 3.67. The van der Waals surface area contributed by atoms with Gasteiger partial charge in [0.25, 0.3) is 0 Å². The largest absolute Gasteiger partial charge is 0.465 e. The molecule has 330 valence electrons. The molecule has 4 rings (SSSR count). The zero-order chi connectivity index (χ0) is 43.5. The summed E-state index contributed by atoms with van der Waals surface area (Å²) in [6, 6.07) is 13.8. The van der Waals surface area contributed by atoms with Gasteiger partial charge in [0, 0.05) is 57.3 Å². The van der Waals surface area contributed by atoms with Crippen LogP contribution in [0.5, 0.6) is 0 Å². The number of rotatable bonds is 29. The van der Waals surface area contributed by atoms with Gasteiger partial charge in [0.1, 0.15) is 12.9 Å². The number of anilines is 1. The van der Waals surface area contributed by atoms with Crippen LogP contribution in [0.4, 0.5) is 5.69 Å². The van der Waals surface area contributed by atoms with Crippen molar-refractivity contribution in [1.82, 2.24) is 10.2 Å². The molecule has 2 N–H and O–H groups in total. The smallest absolute Gasteiger partial charge is 0.425 e. The first-order chi connectivity index (χ1) is 29.0. The molecule has 1 saturated heterocycles. The summed E-state index contributed by atoms with van der Waals surface area (Å²) in [5.41, 5.74) is 4.82. The van der Waals surface area contributed by atoms with Crippen molar-refractivity contribution in [2.24, 2.45) is 0 Å². The monoisotopic (exact) mass is 869 g/mol. The number of fused-ring (bicyclic) bond motifs is 3. The number of imide groups is 1. The first kappa shape index (κ1) is 50.0. The summed E-state index contributed by atoms with van der Waals surface area (Å²) in [5, 5.41) is 5.54. The maximum atomic E-state index is 13.0. The number of aldehydes is 1. The standard InChI is InChI=1S/C45H63N3O7S.O3S/c1-34(50)55-33-40-37-22-17-16-21-36(37)38-25-24-35(31-39(38)40)47-43(52)26-28-48-44(53)32-41(45(48)54)56-30-20-14-10-8-6-4-2-3-5-7-9-11-15-23-42(51)46-27-18-12-13-19-29-49;1-4(2)3/h16-17,21-22,24-25,29,31,40-41H,2-15,18-20,23,26-28,30,32-33H2,1H3,(H,46,51)(H,47,52);. The molecule has 1 aliphatic heterocycles. The average molecular weight is 870 g/mol. The molecule has 1 fully saturated rings. The highest BCUT2D eigenvalue weighted by atomic mass is 32.2. The van der Waals surface area contributed by atoms with Crippen molar-refractivity contribution >= 4 is 63.9 Å². The predicted molar refractivity (Wildman–Crippen MR) is 233 cm³/mol. The molecule has 2 atom stereocenters. The number of nitrogens with zero attached hydrogens (tertiary/aromatic N) is 1. The number of unbranched alkanes of at least 4 members (excludes halogenated alkanes) is 15. The second kappa shape index (κ2) is 29.0. The third-order valence-electron chi connectivity index (χ3n) is 10.7. The van der Waals surface area contributed by atoms with E-state index < -0.39 is 10.6 Å². The van der Waals surface area contributed by atoms with Crippen molar-refractivity contribution in [3.05, 3.63) is 53.6 Å². The van der Waals surface area contributed by atoms with Crippen molar-refractivity contribution in [2.75, 3.05) is 30.8 Å². The lowest BCUT2D eigenvalue weighted by molar-refractivity contribution is -0.141. The number of ether oxygens (including phenoxy) is 1. The first-order valence-corrected chi connectivity index (χ1v) is 23.7. The fourth-order valence-corrected chi connectivity index (χ4v) is 8.81. The molecular formula is C45H63N3O10S2. The van der Waals surface area contributed by atoms with E-state index in [-0.39, 0.29) is 66.8 Å². The minimum atomic E-state index is -3.11. The van der Waals surface area contributed by atoms with Crippen LogP contribution in [0, 0.1) is 0 Å². The molecule has 0 spiro atoms. The molecule has 0 bridgehead atoms. The Morgan fingerprint density at radius 1 is 0.767 bits per heavy atom. The van der Waals surface area contributed by atoms with Crippen molar-refractivity contribution in [1.29, 1.82) is 0 Å². The Kier molecular flexibility index (Phi) is 24.1. The van der Waals surface area contributed by atoms with Gasteiger partial charge < -0.3 is 20.2 Å². The summed E-state index contributed by atoms with van der Waals surface area (Å²) in [7, 11) is -3.11. The molecule has 2 aliphatic rings. The van der Waals surface area contributed by atoms with Crippen molar-refractivity contribution in [3.8, 4) is 11.1 Å². The summed E-state index contributed by atoms with van der Waals surface area (Å²) in [5.74, 6) is -0.124. The van der Waals surface area contributed by atoms with Gasteiger partial charge in [0.2, 0.25) is 23.6 Å². The highest BCUT2D eigenvalue weighted by Gasteiger charge is 2.38. The van der Waals surface area contributed by atoms with Crippen molar-refractivity contribution in [2.45, 2.75) is 147 Å². The summed E-state index contributed by atoms with van der Waals surface area (Å²) >= 11 is 1.57. The second-order valence-corrected chi connectivity index (χ2v) is 17.1. The Labute approximate surface area is 361 Å².